The van der Waals surface area contributed by atoms with Crippen LogP contribution in [0.1, 0.15) is 37.0 Å². The van der Waals surface area contributed by atoms with E-state index >= 15 is 0 Å². The third-order valence-corrected chi connectivity index (χ3v) is 6.16. The molecule has 8 heteroatoms. The van der Waals surface area contributed by atoms with E-state index in [1.165, 1.54) is 16.4 Å². The van der Waals surface area contributed by atoms with Crippen molar-refractivity contribution in [2.45, 2.75) is 37.6 Å². The molecule has 2 rings (SSSR count). The molecule has 0 bridgehead atoms. The van der Waals surface area contributed by atoms with Crippen LogP contribution in [0.2, 0.25) is 0 Å². The van der Waals surface area contributed by atoms with Crippen molar-refractivity contribution < 1.29 is 13.2 Å². The molecule has 0 aliphatic carbocycles. The molecule has 136 valence electrons. The normalized spacial score (nSPS) is 17.5. The standard InChI is InChI=1S/C16H25N3O3S.ClH/c1-3-19(4-2)23(21,22)15-9-5-7-13(11-15)16(20)18-12-14-8-6-10-17-14;/h5,7,9,11,14,17H,3-4,6,8,10,12H2,1-2H3,(H,18,20);1H. The quantitative estimate of drug-likeness (QED) is 0.759. The van der Waals surface area contributed by atoms with Gasteiger partial charge in [0.15, 0.2) is 0 Å². The Morgan fingerprint density at radius 3 is 2.62 bits per heavy atom. The van der Waals surface area contributed by atoms with Gasteiger partial charge in [-0.1, -0.05) is 19.9 Å². The van der Waals surface area contributed by atoms with Gasteiger partial charge in [-0.15, -0.1) is 12.4 Å². The van der Waals surface area contributed by atoms with Gasteiger partial charge in [0.25, 0.3) is 5.91 Å². The Morgan fingerprint density at radius 2 is 2.04 bits per heavy atom. The molecule has 0 spiro atoms. The highest BCUT2D eigenvalue weighted by Gasteiger charge is 2.22. The number of halogens is 1. The first-order valence-corrected chi connectivity index (χ1v) is 9.54. The SMILES string of the molecule is CCN(CC)S(=O)(=O)c1cccc(C(=O)NCC2CCCN2)c1.Cl. The number of hydrogen-bond acceptors (Lipinski definition) is 4. The van der Waals surface area contributed by atoms with Crippen molar-refractivity contribution in [3.05, 3.63) is 29.8 Å². The average Bonchev–Trinajstić information content (AvgIpc) is 3.07. The summed E-state index contributed by atoms with van der Waals surface area (Å²) in [5.74, 6) is -0.240. The van der Waals surface area contributed by atoms with E-state index in [1.54, 1.807) is 26.0 Å². The summed E-state index contributed by atoms with van der Waals surface area (Å²) in [6.45, 7) is 5.95. The predicted octanol–water partition coefficient (Wildman–Crippen LogP) is 1.62. The second-order valence-electron chi connectivity index (χ2n) is 5.62. The van der Waals surface area contributed by atoms with E-state index in [0.29, 0.717) is 31.2 Å². The smallest absolute Gasteiger partial charge is 0.251 e. The lowest BCUT2D eigenvalue weighted by atomic mass is 10.2. The lowest BCUT2D eigenvalue weighted by molar-refractivity contribution is 0.0950. The molecule has 6 nitrogen and oxygen atoms in total. The zero-order valence-electron chi connectivity index (χ0n) is 14.1. The summed E-state index contributed by atoms with van der Waals surface area (Å²) in [5.41, 5.74) is 0.372. The predicted molar refractivity (Wildman–Crippen MR) is 97.2 cm³/mol. The van der Waals surface area contributed by atoms with Gasteiger partial charge in [0.2, 0.25) is 10.0 Å². The maximum absolute atomic E-state index is 12.5. The first-order chi connectivity index (χ1) is 11.0. The Balaban J connectivity index is 0.00000288. The van der Waals surface area contributed by atoms with Gasteiger partial charge in [-0.25, -0.2) is 8.42 Å². The van der Waals surface area contributed by atoms with Crippen molar-refractivity contribution in [2.24, 2.45) is 0 Å². The van der Waals surface area contributed by atoms with Crippen LogP contribution >= 0.6 is 12.4 Å². The van der Waals surface area contributed by atoms with Crippen molar-refractivity contribution in [1.82, 2.24) is 14.9 Å². The average molecular weight is 376 g/mol. The Kier molecular flexibility index (Phi) is 8.15. The summed E-state index contributed by atoms with van der Waals surface area (Å²) in [5, 5.41) is 6.18. The largest absolute Gasteiger partial charge is 0.350 e. The molecule has 1 aliphatic heterocycles. The molecule has 0 saturated carbocycles. The number of rotatable bonds is 7. The van der Waals surface area contributed by atoms with E-state index in [-0.39, 0.29) is 23.2 Å². The van der Waals surface area contributed by atoms with Crippen LogP contribution in [0.5, 0.6) is 0 Å². The van der Waals surface area contributed by atoms with Crippen molar-refractivity contribution in [3.63, 3.8) is 0 Å². The highest BCUT2D eigenvalue weighted by molar-refractivity contribution is 7.89. The number of nitrogens with zero attached hydrogens (tertiary/aromatic N) is 1. The minimum absolute atomic E-state index is 0. The maximum Gasteiger partial charge on any atom is 0.251 e. The topological polar surface area (TPSA) is 78.5 Å². The summed E-state index contributed by atoms with van der Waals surface area (Å²) in [6, 6.07) is 6.53. The summed E-state index contributed by atoms with van der Waals surface area (Å²) < 4.78 is 26.4. The molecule has 1 amide bonds. The Hall–Kier alpha value is -1.15. The molecular weight excluding hydrogens is 350 g/mol. The molecule has 0 aromatic heterocycles. The fraction of sp³-hybridized carbons (Fsp3) is 0.562. The van der Waals surface area contributed by atoms with Crippen molar-refractivity contribution in [1.29, 1.82) is 0 Å². The lowest BCUT2D eigenvalue weighted by Crippen LogP contribution is -2.37. The van der Waals surface area contributed by atoms with Crippen molar-refractivity contribution >= 4 is 28.3 Å². The highest BCUT2D eigenvalue weighted by atomic mass is 35.5. The minimum Gasteiger partial charge on any atom is -0.350 e. The number of benzene rings is 1. The van der Waals surface area contributed by atoms with E-state index < -0.39 is 10.0 Å². The van der Waals surface area contributed by atoms with Crippen LogP contribution in [-0.4, -0.2) is 50.9 Å². The minimum atomic E-state index is -3.55. The van der Waals surface area contributed by atoms with E-state index in [9.17, 15) is 13.2 Å². The molecule has 24 heavy (non-hydrogen) atoms. The lowest BCUT2D eigenvalue weighted by Gasteiger charge is -2.18. The van der Waals surface area contributed by atoms with Crippen LogP contribution in [0, 0.1) is 0 Å². The maximum atomic E-state index is 12.5. The monoisotopic (exact) mass is 375 g/mol. The summed E-state index contributed by atoms with van der Waals surface area (Å²) in [6.07, 6.45) is 2.18. The molecule has 1 fully saturated rings. The highest BCUT2D eigenvalue weighted by Crippen LogP contribution is 2.17. The second-order valence-corrected chi connectivity index (χ2v) is 7.56. The second kappa shape index (κ2) is 9.36. The molecular formula is C16H26ClN3O3S. The van der Waals surface area contributed by atoms with Gasteiger partial charge in [-0.05, 0) is 37.6 Å². The fourth-order valence-corrected chi connectivity index (χ4v) is 4.26. The first-order valence-electron chi connectivity index (χ1n) is 8.10. The molecule has 1 aliphatic rings. The Bertz CT molecular complexity index is 642. The first kappa shape index (κ1) is 20.9. The van der Waals surface area contributed by atoms with Gasteiger partial charge in [0.1, 0.15) is 0 Å². The summed E-state index contributed by atoms with van der Waals surface area (Å²) in [7, 11) is -3.55. The molecule has 2 N–H and O–H groups in total. The van der Waals surface area contributed by atoms with Gasteiger partial charge in [-0.3, -0.25) is 4.79 Å². The van der Waals surface area contributed by atoms with Crippen molar-refractivity contribution in [3.8, 4) is 0 Å². The molecule has 1 saturated heterocycles. The number of sulfonamides is 1. The number of hydrogen-bond donors (Lipinski definition) is 2. The van der Waals surface area contributed by atoms with Crippen LogP contribution in [0.15, 0.2) is 29.2 Å². The van der Waals surface area contributed by atoms with Gasteiger partial charge in [0.05, 0.1) is 4.90 Å². The molecule has 0 radical (unpaired) electrons. The fourth-order valence-electron chi connectivity index (χ4n) is 2.76. The number of carbonyl (C=O) groups excluding carboxylic acids is 1. The third kappa shape index (κ3) is 4.92. The van der Waals surface area contributed by atoms with Crippen LogP contribution in [0.3, 0.4) is 0 Å². The van der Waals surface area contributed by atoms with Crippen LogP contribution in [-0.2, 0) is 10.0 Å². The number of amides is 1. The zero-order valence-corrected chi connectivity index (χ0v) is 15.8. The molecule has 1 aromatic carbocycles. The summed E-state index contributed by atoms with van der Waals surface area (Å²) >= 11 is 0. The van der Waals surface area contributed by atoms with E-state index in [4.69, 9.17) is 0 Å². The van der Waals surface area contributed by atoms with Crippen LogP contribution in [0.25, 0.3) is 0 Å². The number of carbonyl (C=O) groups is 1. The van der Waals surface area contributed by atoms with Crippen molar-refractivity contribution in [2.75, 3.05) is 26.2 Å². The van der Waals surface area contributed by atoms with Crippen LogP contribution in [0.4, 0.5) is 0 Å². The Labute approximate surface area is 150 Å². The van der Waals surface area contributed by atoms with Gasteiger partial charge in [0, 0.05) is 31.2 Å². The number of nitrogens with one attached hydrogen (secondary N) is 2. The van der Waals surface area contributed by atoms with E-state index in [2.05, 4.69) is 10.6 Å². The van der Waals surface area contributed by atoms with E-state index in [0.717, 1.165) is 19.4 Å². The molecule has 1 unspecified atom stereocenters. The van der Waals surface area contributed by atoms with Gasteiger partial charge in [-0.2, -0.15) is 4.31 Å². The molecule has 1 atom stereocenters. The van der Waals surface area contributed by atoms with Crippen LogP contribution < -0.4 is 10.6 Å². The summed E-state index contributed by atoms with van der Waals surface area (Å²) in [4.78, 5) is 12.4. The molecule has 1 heterocycles. The van der Waals surface area contributed by atoms with E-state index in [1.807, 2.05) is 0 Å². The molecule has 1 aromatic rings. The zero-order chi connectivity index (χ0) is 16.9. The third-order valence-electron chi connectivity index (χ3n) is 4.11. The van der Waals surface area contributed by atoms with Gasteiger partial charge < -0.3 is 10.6 Å². The van der Waals surface area contributed by atoms with Gasteiger partial charge >= 0.3 is 0 Å². The Morgan fingerprint density at radius 1 is 1.33 bits per heavy atom.